The van der Waals surface area contributed by atoms with E-state index in [1.54, 1.807) is 0 Å². The molecule has 0 aliphatic carbocycles. The number of carbonyl (C=O) groups excluding carboxylic acids is 1. The highest BCUT2D eigenvalue weighted by Gasteiger charge is 2.20. The minimum atomic E-state index is 0.304. The van der Waals surface area contributed by atoms with Crippen LogP contribution in [0.25, 0.3) is 0 Å². The van der Waals surface area contributed by atoms with Gasteiger partial charge in [0.25, 0.3) is 0 Å². The molecule has 2 heteroatoms. The highest BCUT2D eigenvalue weighted by molar-refractivity contribution is 5.53. The first-order chi connectivity index (χ1) is 6.80. The molecule has 0 amide bonds. The molecule has 0 saturated carbocycles. The fourth-order valence-electron chi connectivity index (χ4n) is 2.28. The number of likely N-dealkylation sites (tertiary alicyclic amines) is 1. The second kappa shape index (κ2) is 6.18. The molecule has 0 aromatic rings. The van der Waals surface area contributed by atoms with Gasteiger partial charge in [0.2, 0.25) is 0 Å². The second-order valence-corrected chi connectivity index (χ2v) is 4.48. The lowest BCUT2D eigenvalue weighted by molar-refractivity contribution is -0.112. The number of piperidine rings is 1. The van der Waals surface area contributed by atoms with Crippen molar-refractivity contribution in [2.75, 3.05) is 19.6 Å². The highest BCUT2D eigenvalue weighted by atomic mass is 16.1. The first-order valence-electron chi connectivity index (χ1n) is 5.97. The van der Waals surface area contributed by atoms with Gasteiger partial charge in [-0.05, 0) is 25.3 Å². The lowest BCUT2D eigenvalue weighted by Gasteiger charge is -2.32. The number of rotatable bonds is 5. The Hall–Kier alpha value is -0.370. The molecule has 1 rings (SSSR count). The number of carbonyl (C=O) groups is 1. The fourth-order valence-corrected chi connectivity index (χ4v) is 2.28. The molecule has 1 atom stereocenters. The Morgan fingerprint density at radius 1 is 1.43 bits per heavy atom. The van der Waals surface area contributed by atoms with E-state index in [9.17, 15) is 4.79 Å². The summed E-state index contributed by atoms with van der Waals surface area (Å²) in [5.41, 5.74) is 0. The van der Waals surface area contributed by atoms with Crippen LogP contribution in [0.3, 0.4) is 0 Å². The average Bonchev–Trinajstić information content (AvgIpc) is 2.26. The molecule has 1 unspecified atom stereocenters. The van der Waals surface area contributed by atoms with Crippen LogP contribution in [0.15, 0.2) is 0 Å². The molecular formula is C12H23NO. The summed E-state index contributed by atoms with van der Waals surface area (Å²) in [6.07, 6.45) is 5.96. The molecule has 0 spiro atoms. The Balaban J connectivity index is 2.32. The first-order valence-corrected chi connectivity index (χ1v) is 5.97. The van der Waals surface area contributed by atoms with Crippen LogP contribution in [-0.2, 0) is 4.79 Å². The third-order valence-corrected chi connectivity index (χ3v) is 3.41. The van der Waals surface area contributed by atoms with Crippen molar-refractivity contribution in [2.24, 2.45) is 11.8 Å². The van der Waals surface area contributed by atoms with Gasteiger partial charge in [0.15, 0.2) is 0 Å². The van der Waals surface area contributed by atoms with E-state index in [0.29, 0.717) is 5.92 Å². The first kappa shape index (κ1) is 11.7. The minimum absolute atomic E-state index is 0.304. The van der Waals surface area contributed by atoms with Gasteiger partial charge in [-0.25, -0.2) is 0 Å². The van der Waals surface area contributed by atoms with Crippen LogP contribution < -0.4 is 0 Å². The van der Waals surface area contributed by atoms with Crippen molar-refractivity contribution in [3.63, 3.8) is 0 Å². The van der Waals surface area contributed by atoms with E-state index in [1.165, 1.54) is 32.4 Å². The zero-order valence-corrected chi connectivity index (χ0v) is 9.54. The monoisotopic (exact) mass is 197 g/mol. The smallest absolute Gasteiger partial charge is 0.124 e. The van der Waals surface area contributed by atoms with Crippen LogP contribution in [-0.4, -0.2) is 30.8 Å². The largest absolute Gasteiger partial charge is 0.303 e. The SMILES string of the molecule is CCC(CC)CN1CCCC(C=O)C1. The van der Waals surface area contributed by atoms with E-state index in [4.69, 9.17) is 0 Å². The van der Waals surface area contributed by atoms with Gasteiger partial charge in [0.05, 0.1) is 0 Å². The summed E-state index contributed by atoms with van der Waals surface area (Å²) in [7, 11) is 0. The van der Waals surface area contributed by atoms with Crippen molar-refractivity contribution < 1.29 is 4.79 Å². The molecule has 0 N–H and O–H groups in total. The Morgan fingerprint density at radius 2 is 2.14 bits per heavy atom. The van der Waals surface area contributed by atoms with Gasteiger partial charge in [-0.15, -0.1) is 0 Å². The van der Waals surface area contributed by atoms with Gasteiger partial charge in [0.1, 0.15) is 6.29 Å². The maximum atomic E-state index is 10.7. The third-order valence-electron chi connectivity index (χ3n) is 3.41. The fraction of sp³-hybridized carbons (Fsp3) is 0.917. The summed E-state index contributed by atoms with van der Waals surface area (Å²) >= 11 is 0. The highest BCUT2D eigenvalue weighted by Crippen LogP contribution is 2.17. The van der Waals surface area contributed by atoms with Crippen molar-refractivity contribution in [3.8, 4) is 0 Å². The Morgan fingerprint density at radius 3 is 2.71 bits per heavy atom. The summed E-state index contributed by atoms with van der Waals surface area (Å²) in [5.74, 6) is 1.12. The van der Waals surface area contributed by atoms with Crippen LogP contribution in [0.2, 0.25) is 0 Å². The van der Waals surface area contributed by atoms with Crippen molar-refractivity contribution >= 4 is 6.29 Å². The van der Waals surface area contributed by atoms with E-state index in [2.05, 4.69) is 18.7 Å². The lowest BCUT2D eigenvalue weighted by Crippen LogP contribution is -2.38. The summed E-state index contributed by atoms with van der Waals surface area (Å²) < 4.78 is 0. The van der Waals surface area contributed by atoms with Crippen LogP contribution in [0, 0.1) is 11.8 Å². The molecule has 1 aliphatic rings. The number of aldehydes is 1. The summed E-state index contributed by atoms with van der Waals surface area (Å²) in [6.45, 7) is 7.91. The molecule has 1 fully saturated rings. The van der Waals surface area contributed by atoms with Gasteiger partial charge in [-0.3, -0.25) is 0 Å². The van der Waals surface area contributed by atoms with Crippen molar-refractivity contribution in [1.82, 2.24) is 4.90 Å². The van der Waals surface area contributed by atoms with Crippen molar-refractivity contribution in [1.29, 1.82) is 0 Å². The summed E-state index contributed by atoms with van der Waals surface area (Å²) in [4.78, 5) is 13.2. The molecule has 1 heterocycles. The topological polar surface area (TPSA) is 20.3 Å². The predicted molar refractivity (Wildman–Crippen MR) is 59.3 cm³/mol. The predicted octanol–water partition coefficient (Wildman–Crippen LogP) is 2.33. The molecule has 82 valence electrons. The van der Waals surface area contributed by atoms with E-state index in [0.717, 1.165) is 25.2 Å². The number of nitrogens with zero attached hydrogens (tertiary/aromatic N) is 1. The van der Waals surface area contributed by atoms with Gasteiger partial charge in [0, 0.05) is 19.0 Å². The van der Waals surface area contributed by atoms with Gasteiger partial charge in [-0.2, -0.15) is 0 Å². The number of hydrogen-bond donors (Lipinski definition) is 0. The molecule has 2 nitrogen and oxygen atoms in total. The van der Waals surface area contributed by atoms with E-state index in [-0.39, 0.29) is 0 Å². The van der Waals surface area contributed by atoms with Crippen molar-refractivity contribution in [2.45, 2.75) is 39.5 Å². The van der Waals surface area contributed by atoms with Crippen LogP contribution >= 0.6 is 0 Å². The second-order valence-electron chi connectivity index (χ2n) is 4.48. The minimum Gasteiger partial charge on any atom is -0.303 e. The Kier molecular flexibility index (Phi) is 5.16. The standard InChI is InChI=1S/C12H23NO/c1-3-11(4-2)8-13-7-5-6-12(9-13)10-14/h10-12H,3-9H2,1-2H3. The van der Waals surface area contributed by atoms with Gasteiger partial charge in [-0.1, -0.05) is 26.7 Å². The van der Waals surface area contributed by atoms with E-state index < -0.39 is 0 Å². The molecule has 0 radical (unpaired) electrons. The summed E-state index contributed by atoms with van der Waals surface area (Å²) in [5, 5.41) is 0. The van der Waals surface area contributed by atoms with Crippen LogP contribution in [0.4, 0.5) is 0 Å². The lowest BCUT2D eigenvalue weighted by atomic mass is 9.96. The zero-order valence-electron chi connectivity index (χ0n) is 9.54. The Labute approximate surface area is 87.7 Å². The normalized spacial score (nSPS) is 24.1. The molecule has 0 aromatic heterocycles. The van der Waals surface area contributed by atoms with Gasteiger partial charge < -0.3 is 9.69 Å². The van der Waals surface area contributed by atoms with Crippen LogP contribution in [0.5, 0.6) is 0 Å². The number of hydrogen-bond acceptors (Lipinski definition) is 2. The molecule has 0 aromatic carbocycles. The molecule has 14 heavy (non-hydrogen) atoms. The zero-order chi connectivity index (χ0) is 10.4. The van der Waals surface area contributed by atoms with E-state index >= 15 is 0 Å². The quantitative estimate of drug-likeness (QED) is 0.630. The molecule has 1 aliphatic heterocycles. The van der Waals surface area contributed by atoms with Gasteiger partial charge >= 0.3 is 0 Å². The third kappa shape index (κ3) is 3.41. The van der Waals surface area contributed by atoms with Crippen molar-refractivity contribution in [3.05, 3.63) is 0 Å². The maximum Gasteiger partial charge on any atom is 0.124 e. The summed E-state index contributed by atoms with van der Waals surface area (Å²) in [6, 6.07) is 0. The van der Waals surface area contributed by atoms with E-state index in [1.807, 2.05) is 0 Å². The Bertz CT molecular complexity index is 166. The average molecular weight is 197 g/mol. The molecular weight excluding hydrogens is 174 g/mol. The maximum absolute atomic E-state index is 10.7. The van der Waals surface area contributed by atoms with Crippen LogP contribution in [0.1, 0.15) is 39.5 Å². The molecule has 0 bridgehead atoms. The molecule has 1 saturated heterocycles.